The molecule has 142 valence electrons. The van der Waals surface area contributed by atoms with Crippen LogP contribution < -0.4 is 15.9 Å². The second-order valence-electron chi connectivity index (χ2n) is 5.64. The maximum absolute atomic E-state index is 12.9. The fourth-order valence-electron chi connectivity index (χ4n) is 2.22. The van der Waals surface area contributed by atoms with E-state index in [1.807, 2.05) is 6.92 Å². The van der Waals surface area contributed by atoms with Gasteiger partial charge in [-0.25, -0.2) is 9.07 Å². The standard InChI is InChI=1S/C16H18FN7O2S/c1-10-7-13(23(2)22-10)19-15(25)9-27-16-21-20-14(24(16)18)8-26-12-5-3-11(17)4-6-12/h3-7H,8-9,18H2,1-2H3,(H,19,25). The Balaban J connectivity index is 1.53. The van der Waals surface area contributed by atoms with E-state index in [1.165, 1.54) is 28.9 Å². The summed E-state index contributed by atoms with van der Waals surface area (Å²) in [5.41, 5.74) is 0.813. The third-order valence-corrected chi connectivity index (χ3v) is 4.46. The molecule has 3 aromatic rings. The van der Waals surface area contributed by atoms with Crippen LogP contribution in [0.4, 0.5) is 10.2 Å². The molecule has 2 heterocycles. The van der Waals surface area contributed by atoms with Crippen molar-refractivity contribution < 1.29 is 13.9 Å². The number of halogens is 1. The Hall–Kier alpha value is -3.08. The predicted octanol–water partition coefficient (Wildman–Crippen LogP) is 1.48. The lowest BCUT2D eigenvalue weighted by atomic mass is 10.3. The van der Waals surface area contributed by atoms with Crippen molar-refractivity contribution >= 4 is 23.5 Å². The molecular formula is C16H18FN7O2S. The molecule has 3 rings (SSSR count). The van der Waals surface area contributed by atoms with Crippen molar-refractivity contribution in [3.05, 3.63) is 47.7 Å². The van der Waals surface area contributed by atoms with Crippen LogP contribution in [0.3, 0.4) is 0 Å². The molecule has 0 saturated carbocycles. The predicted molar refractivity (Wildman–Crippen MR) is 98.2 cm³/mol. The SMILES string of the molecule is Cc1cc(NC(=O)CSc2nnc(COc3ccc(F)cc3)n2N)n(C)n1. The normalized spacial score (nSPS) is 10.8. The van der Waals surface area contributed by atoms with Crippen molar-refractivity contribution in [1.82, 2.24) is 24.7 Å². The first-order valence-corrected chi connectivity index (χ1v) is 8.92. The number of amides is 1. The minimum atomic E-state index is -0.345. The number of benzene rings is 1. The Kier molecular flexibility index (Phi) is 5.60. The van der Waals surface area contributed by atoms with Gasteiger partial charge in [-0.1, -0.05) is 11.8 Å². The highest BCUT2D eigenvalue weighted by Crippen LogP contribution is 2.17. The molecule has 11 heteroatoms. The zero-order valence-corrected chi connectivity index (χ0v) is 15.5. The monoisotopic (exact) mass is 391 g/mol. The van der Waals surface area contributed by atoms with Gasteiger partial charge >= 0.3 is 0 Å². The Bertz CT molecular complexity index is 939. The van der Waals surface area contributed by atoms with Crippen molar-refractivity contribution in [1.29, 1.82) is 0 Å². The lowest BCUT2D eigenvalue weighted by Gasteiger charge is -2.07. The van der Waals surface area contributed by atoms with Gasteiger partial charge in [0.15, 0.2) is 5.82 Å². The number of hydrogen-bond acceptors (Lipinski definition) is 7. The molecule has 0 radical (unpaired) electrons. The average molecular weight is 391 g/mol. The van der Waals surface area contributed by atoms with Gasteiger partial charge in [-0.05, 0) is 31.2 Å². The van der Waals surface area contributed by atoms with E-state index in [2.05, 4.69) is 20.6 Å². The van der Waals surface area contributed by atoms with Gasteiger partial charge in [0.2, 0.25) is 11.1 Å². The Morgan fingerprint density at radius 2 is 2.07 bits per heavy atom. The van der Waals surface area contributed by atoms with Crippen LogP contribution in [0, 0.1) is 12.7 Å². The number of nitrogens with one attached hydrogen (secondary N) is 1. The molecule has 1 aromatic carbocycles. The van der Waals surface area contributed by atoms with Gasteiger partial charge in [0.25, 0.3) is 0 Å². The van der Waals surface area contributed by atoms with Gasteiger partial charge in [-0.3, -0.25) is 9.48 Å². The van der Waals surface area contributed by atoms with Crippen LogP contribution in [-0.4, -0.2) is 36.3 Å². The molecule has 0 aliphatic rings. The summed E-state index contributed by atoms with van der Waals surface area (Å²) in [5, 5.41) is 15.2. The van der Waals surface area contributed by atoms with E-state index in [4.69, 9.17) is 10.6 Å². The largest absolute Gasteiger partial charge is 0.486 e. The number of carbonyl (C=O) groups excluding carboxylic acids is 1. The average Bonchev–Trinajstić information content (AvgIpc) is 3.14. The molecule has 2 aromatic heterocycles. The zero-order chi connectivity index (χ0) is 19.4. The Morgan fingerprint density at radius 1 is 1.33 bits per heavy atom. The number of nitrogen functional groups attached to an aromatic ring is 1. The number of hydrogen-bond donors (Lipinski definition) is 2. The van der Waals surface area contributed by atoms with E-state index < -0.39 is 0 Å². The van der Waals surface area contributed by atoms with Crippen molar-refractivity contribution in [3.63, 3.8) is 0 Å². The van der Waals surface area contributed by atoms with Crippen LogP contribution in [0.2, 0.25) is 0 Å². The zero-order valence-electron chi connectivity index (χ0n) is 14.7. The topological polar surface area (TPSA) is 113 Å². The molecule has 0 spiro atoms. The summed E-state index contributed by atoms with van der Waals surface area (Å²) in [6, 6.07) is 7.39. The first kappa shape index (κ1) is 18.7. The van der Waals surface area contributed by atoms with Crippen molar-refractivity contribution in [2.24, 2.45) is 7.05 Å². The number of aromatic nitrogens is 5. The van der Waals surface area contributed by atoms with E-state index >= 15 is 0 Å². The van der Waals surface area contributed by atoms with E-state index in [0.29, 0.717) is 22.5 Å². The summed E-state index contributed by atoms with van der Waals surface area (Å²) in [5.74, 6) is 6.97. The molecule has 0 aliphatic carbocycles. The number of carbonyl (C=O) groups is 1. The van der Waals surface area contributed by atoms with Gasteiger partial charge in [0, 0.05) is 13.1 Å². The molecule has 0 unspecified atom stereocenters. The smallest absolute Gasteiger partial charge is 0.235 e. The number of thioether (sulfide) groups is 1. The maximum atomic E-state index is 12.9. The summed E-state index contributed by atoms with van der Waals surface area (Å²) in [6.07, 6.45) is 0. The van der Waals surface area contributed by atoms with Gasteiger partial charge in [-0.15, -0.1) is 10.2 Å². The van der Waals surface area contributed by atoms with Crippen LogP contribution in [0.5, 0.6) is 5.75 Å². The van der Waals surface area contributed by atoms with E-state index in [0.717, 1.165) is 17.5 Å². The van der Waals surface area contributed by atoms with Crippen LogP contribution >= 0.6 is 11.8 Å². The van der Waals surface area contributed by atoms with E-state index in [9.17, 15) is 9.18 Å². The Morgan fingerprint density at radius 3 is 2.74 bits per heavy atom. The number of rotatable bonds is 7. The molecule has 1 amide bonds. The summed E-state index contributed by atoms with van der Waals surface area (Å²) in [7, 11) is 1.75. The highest BCUT2D eigenvalue weighted by molar-refractivity contribution is 7.99. The summed E-state index contributed by atoms with van der Waals surface area (Å²) in [6.45, 7) is 1.91. The first-order chi connectivity index (χ1) is 12.9. The van der Waals surface area contributed by atoms with E-state index in [1.54, 1.807) is 17.8 Å². The number of nitrogens with two attached hydrogens (primary N) is 1. The van der Waals surface area contributed by atoms with Crippen LogP contribution in [0.1, 0.15) is 11.5 Å². The van der Waals surface area contributed by atoms with Crippen LogP contribution in [0.25, 0.3) is 0 Å². The summed E-state index contributed by atoms with van der Waals surface area (Å²) < 4.78 is 21.2. The van der Waals surface area contributed by atoms with Crippen LogP contribution in [0.15, 0.2) is 35.5 Å². The lowest BCUT2D eigenvalue weighted by Crippen LogP contribution is -2.19. The number of aryl methyl sites for hydroxylation is 2. The fourth-order valence-corrected chi connectivity index (χ4v) is 2.89. The van der Waals surface area contributed by atoms with Gasteiger partial charge in [0.05, 0.1) is 11.4 Å². The van der Waals surface area contributed by atoms with E-state index in [-0.39, 0.29) is 24.1 Å². The molecule has 9 nitrogen and oxygen atoms in total. The fraction of sp³-hybridized carbons (Fsp3) is 0.250. The minimum Gasteiger partial charge on any atom is -0.486 e. The maximum Gasteiger partial charge on any atom is 0.235 e. The molecule has 27 heavy (non-hydrogen) atoms. The molecule has 0 aliphatic heterocycles. The number of nitrogens with zero attached hydrogens (tertiary/aromatic N) is 5. The highest BCUT2D eigenvalue weighted by Gasteiger charge is 2.14. The molecule has 0 fully saturated rings. The molecule has 0 bridgehead atoms. The second-order valence-corrected chi connectivity index (χ2v) is 6.59. The van der Waals surface area contributed by atoms with Crippen molar-refractivity contribution in [2.45, 2.75) is 18.7 Å². The molecule has 0 atom stereocenters. The minimum absolute atomic E-state index is 0.0657. The van der Waals surface area contributed by atoms with Crippen molar-refractivity contribution in [3.8, 4) is 5.75 Å². The van der Waals surface area contributed by atoms with Gasteiger partial charge in [0.1, 0.15) is 24.0 Å². The molecule has 0 saturated heterocycles. The van der Waals surface area contributed by atoms with Crippen molar-refractivity contribution in [2.75, 3.05) is 16.9 Å². The Labute approximate surface area is 158 Å². The summed E-state index contributed by atoms with van der Waals surface area (Å²) in [4.78, 5) is 12.1. The van der Waals surface area contributed by atoms with Crippen LogP contribution in [-0.2, 0) is 18.4 Å². The summed E-state index contributed by atoms with van der Waals surface area (Å²) >= 11 is 1.15. The lowest BCUT2D eigenvalue weighted by molar-refractivity contribution is -0.113. The third kappa shape index (κ3) is 4.76. The first-order valence-electron chi connectivity index (χ1n) is 7.93. The van der Waals surface area contributed by atoms with Gasteiger partial charge in [-0.2, -0.15) is 5.10 Å². The van der Waals surface area contributed by atoms with Gasteiger partial charge < -0.3 is 15.9 Å². The molecular weight excluding hydrogens is 373 g/mol. The number of anilines is 1. The number of ether oxygens (including phenoxy) is 1. The third-order valence-electron chi connectivity index (χ3n) is 3.52. The highest BCUT2D eigenvalue weighted by atomic mass is 32.2. The quantitative estimate of drug-likeness (QED) is 0.463. The molecule has 3 N–H and O–H groups in total. The second kappa shape index (κ2) is 8.08.